The number of rotatable bonds is 2. The van der Waals surface area contributed by atoms with Crippen molar-refractivity contribution >= 4 is 5.91 Å². The van der Waals surface area contributed by atoms with Gasteiger partial charge in [0.05, 0.1) is 12.2 Å². The topological polar surface area (TPSA) is 80.7 Å². The molecule has 2 heterocycles. The Morgan fingerprint density at radius 1 is 1.30 bits per heavy atom. The summed E-state index contributed by atoms with van der Waals surface area (Å²) in [6, 6.07) is -0.0474. The van der Waals surface area contributed by atoms with Crippen LogP contribution in [0.5, 0.6) is 0 Å². The second kappa shape index (κ2) is 5.32. The molecule has 102 valence electrons. The molecule has 0 radical (unpaired) electrons. The maximum atomic E-state index is 12.1. The fourth-order valence-electron chi connectivity index (χ4n) is 2.45. The molecule has 20 heavy (non-hydrogen) atoms. The molecule has 3 rings (SSSR count). The summed E-state index contributed by atoms with van der Waals surface area (Å²) >= 11 is 0. The lowest BCUT2D eigenvalue weighted by atomic mass is 9.92. The molecular weight excluding hydrogens is 254 g/mol. The smallest absolute Gasteiger partial charge is 0.271 e. The van der Waals surface area contributed by atoms with Gasteiger partial charge in [-0.1, -0.05) is 0 Å². The van der Waals surface area contributed by atoms with Crippen molar-refractivity contribution in [3.63, 3.8) is 0 Å². The van der Waals surface area contributed by atoms with Crippen LogP contribution >= 0.6 is 0 Å². The Hall–Kier alpha value is -2.37. The van der Waals surface area contributed by atoms with Gasteiger partial charge in [-0.3, -0.25) is 9.78 Å². The Bertz CT molecular complexity index is 629. The summed E-state index contributed by atoms with van der Waals surface area (Å²) in [5.74, 6) is 0.557. The number of amides is 1. The Labute approximate surface area is 116 Å². The van der Waals surface area contributed by atoms with Crippen LogP contribution in [0.1, 0.15) is 46.5 Å². The lowest BCUT2D eigenvalue weighted by Crippen LogP contribution is -2.32. The van der Waals surface area contributed by atoms with Gasteiger partial charge in [-0.05, 0) is 26.2 Å². The molecule has 0 fully saturated rings. The van der Waals surface area contributed by atoms with Crippen molar-refractivity contribution in [3.8, 4) is 0 Å². The predicted octanol–water partition coefficient (Wildman–Crippen LogP) is 1.38. The van der Waals surface area contributed by atoms with Crippen molar-refractivity contribution in [3.05, 3.63) is 47.6 Å². The number of nitrogens with one attached hydrogen (secondary N) is 1. The van der Waals surface area contributed by atoms with Crippen LogP contribution in [-0.2, 0) is 6.42 Å². The fourth-order valence-corrected chi connectivity index (χ4v) is 2.45. The van der Waals surface area contributed by atoms with Gasteiger partial charge in [0.15, 0.2) is 0 Å². The van der Waals surface area contributed by atoms with E-state index in [1.54, 1.807) is 6.20 Å². The molecule has 0 bridgehead atoms. The van der Waals surface area contributed by atoms with Crippen molar-refractivity contribution in [1.29, 1.82) is 0 Å². The molecule has 6 heteroatoms. The summed E-state index contributed by atoms with van der Waals surface area (Å²) in [7, 11) is 0. The van der Waals surface area contributed by atoms with E-state index in [0.717, 1.165) is 36.3 Å². The van der Waals surface area contributed by atoms with Gasteiger partial charge in [-0.25, -0.2) is 15.0 Å². The van der Waals surface area contributed by atoms with Crippen LogP contribution in [0.25, 0.3) is 0 Å². The van der Waals surface area contributed by atoms with Crippen molar-refractivity contribution in [2.24, 2.45) is 0 Å². The first-order chi connectivity index (χ1) is 9.74. The van der Waals surface area contributed by atoms with Crippen LogP contribution in [0.3, 0.4) is 0 Å². The third-order valence-corrected chi connectivity index (χ3v) is 3.40. The zero-order valence-electron chi connectivity index (χ0n) is 11.2. The molecule has 6 nitrogen and oxygen atoms in total. The number of carbonyl (C=O) groups excluding carboxylic acids is 1. The average molecular weight is 269 g/mol. The quantitative estimate of drug-likeness (QED) is 0.890. The normalized spacial score (nSPS) is 17.4. The minimum absolute atomic E-state index is 0.0474. The van der Waals surface area contributed by atoms with E-state index in [-0.39, 0.29) is 11.9 Å². The standard InChI is InChI=1S/C14H15N5O/c1-9-17-7-10-11(18-9)3-2-4-12(10)19-14(20)13-8-15-5-6-16-13/h5-8,12H,2-4H2,1H3,(H,19,20)/t12-/m0/s1. The Morgan fingerprint density at radius 3 is 3.00 bits per heavy atom. The van der Waals surface area contributed by atoms with Gasteiger partial charge < -0.3 is 5.32 Å². The molecule has 0 saturated carbocycles. The number of aryl methyl sites for hydroxylation is 2. The molecule has 0 spiro atoms. The SMILES string of the molecule is Cc1ncc2c(n1)CCC[C@@H]2NC(=O)c1cnccn1. The number of hydrogen-bond acceptors (Lipinski definition) is 5. The first-order valence-electron chi connectivity index (χ1n) is 6.63. The van der Waals surface area contributed by atoms with Crippen LogP contribution in [0.4, 0.5) is 0 Å². The van der Waals surface area contributed by atoms with Crippen molar-refractivity contribution < 1.29 is 4.79 Å². The highest BCUT2D eigenvalue weighted by Crippen LogP contribution is 2.28. The zero-order valence-corrected chi connectivity index (χ0v) is 11.2. The molecule has 0 unspecified atom stereocenters. The van der Waals surface area contributed by atoms with Gasteiger partial charge in [-0.15, -0.1) is 0 Å². The van der Waals surface area contributed by atoms with Gasteiger partial charge in [0.25, 0.3) is 5.91 Å². The second-order valence-electron chi connectivity index (χ2n) is 4.83. The van der Waals surface area contributed by atoms with E-state index in [1.807, 2.05) is 13.1 Å². The van der Waals surface area contributed by atoms with E-state index in [4.69, 9.17) is 0 Å². The number of carbonyl (C=O) groups is 1. The highest BCUT2D eigenvalue weighted by molar-refractivity contribution is 5.92. The largest absolute Gasteiger partial charge is 0.344 e. The van der Waals surface area contributed by atoms with E-state index in [0.29, 0.717) is 5.69 Å². The van der Waals surface area contributed by atoms with E-state index < -0.39 is 0 Å². The molecule has 1 aliphatic rings. The van der Waals surface area contributed by atoms with Gasteiger partial charge >= 0.3 is 0 Å². The Kier molecular flexibility index (Phi) is 3.37. The maximum Gasteiger partial charge on any atom is 0.271 e. The summed E-state index contributed by atoms with van der Waals surface area (Å²) in [5, 5.41) is 2.99. The lowest BCUT2D eigenvalue weighted by Gasteiger charge is -2.25. The Balaban J connectivity index is 1.81. The highest BCUT2D eigenvalue weighted by atomic mass is 16.1. The first-order valence-corrected chi connectivity index (χ1v) is 6.63. The van der Waals surface area contributed by atoms with Crippen LogP contribution in [0.2, 0.25) is 0 Å². The minimum Gasteiger partial charge on any atom is -0.344 e. The third kappa shape index (κ3) is 2.49. The fraction of sp³-hybridized carbons (Fsp3) is 0.357. The summed E-state index contributed by atoms with van der Waals surface area (Å²) in [4.78, 5) is 28.7. The molecule has 2 aromatic heterocycles. The van der Waals surface area contributed by atoms with E-state index in [1.165, 1.54) is 12.4 Å². The second-order valence-corrected chi connectivity index (χ2v) is 4.83. The van der Waals surface area contributed by atoms with Crippen LogP contribution in [0, 0.1) is 6.92 Å². The molecule has 1 aliphatic carbocycles. The number of hydrogen-bond donors (Lipinski definition) is 1. The average Bonchev–Trinajstić information content (AvgIpc) is 2.48. The van der Waals surface area contributed by atoms with E-state index in [9.17, 15) is 4.79 Å². The number of aromatic nitrogens is 4. The maximum absolute atomic E-state index is 12.1. The van der Waals surface area contributed by atoms with Crippen molar-refractivity contribution in [2.45, 2.75) is 32.2 Å². The van der Waals surface area contributed by atoms with Crippen LogP contribution in [0.15, 0.2) is 24.8 Å². The molecule has 1 atom stereocenters. The summed E-state index contributed by atoms with van der Waals surface area (Å²) in [6.45, 7) is 1.88. The highest BCUT2D eigenvalue weighted by Gasteiger charge is 2.24. The van der Waals surface area contributed by atoms with E-state index >= 15 is 0 Å². The van der Waals surface area contributed by atoms with Crippen LogP contribution in [-0.4, -0.2) is 25.8 Å². The molecule has 1 N–H and O–H groups in total. The summed E-state index contributed by atoms with van der Waals surface area (Å²) < 4.78 is 0. The van der Waals surface area contributed by atoms with Crippen LogP contribution < -0.4 is 5.32 Å². The van der Waals surface area contributed by atoms with Gasteiger partial charge in [0.2, 0.25) is 0 Å². The number of nitrogens with zero attached hydrogens (tertiary/aromatic N) is 4. The monoisotopic (exact) mass is 269 g/mol. The van der Waals surface area contributed by atoms with Gasteiger partial charge in [0.1, 0.15) is 11.5 Å². The summed E-state index contributed by atoms with van der Waals surface area (Å²) in [6.07, 6.45) is 9.18. The minimum atomic E-state index is -0.212. The number of fused-ring (bicyclic) bond motifs is 1. The molecule has 1 amide bonds. The van der Waals surface area contributed by atoms with Gasteiger partial charge in [0, 0.05) is 29.8 Å². The van der Waals surface area contributed by atoms with Crippen molar-refractivity contribution in [2.75, 3.05) is 0 Å². The molecule has 0 saturated heterocycles. The Morgan fingerprint density at radius 2 is 2.20 bits per heavy atom. The lowest BCUT2D eigenvalue weighted by molar-refractivity contribution is 0.0927. The predicted molar refractivity (Wildman–Crippen MR) is 71.9 cm³/mol. The van der Waals surface area contributed by atoms with Gasteiger partial charge in [-0.2, -0.15) is 0 Å². The molecule has 0 aromatic carbocycles. The van der Waals surface area contributed by atoms with E-state index in [2.05, 4.69) is 25.3 Å². The van der Waals surface area contributed by atoms with Crippen molar-refractivity contribution in [1.82, 2.24) is 25.3 Å². The molecule has 2 aromatic rings. The molecular formula is C14H15N5O. The first kappa shape index (κ1) is 12.7. The zero-order chi connectivity index (χ0) is 13.9. The molecule has 0 aliphatic heterocycles. The third-order valence-electron chi connectivity index (χ3n) is 3.40. The summed E-state index contributed by atoms with van der Waals surface area (Å²) in [5.41, 5.74) is 2.37.